The maximum Gasteiger partial charge on any atom is 0.306 e. The lowest BCUT2D eigenvalue weighted by Gasteiger charge is -2.05. The van der Waals surface area contributed by atoms with Gasteiger partial charge in [-0.15, -0.1) is 0 Å². The van der Waals surface area contributed by atoms with Gasteiger partial charge in [0.2, 0.25) is 0 Å². The van der Waals surface area contributed by atoms with E-state index < -0.39 is 0 Å². The van der Waals surface area contributed by atoms with Crippen molar-refractivity contribution in [1.82, 2.24) is 9.97 Å². The number of hydrogen-bond acceptors (Lipinski definition) is 3. The van der Waals surface area contributed by atoms with E-state index in [4.69, 9.17) is 4.74 Å². The molecule has 0 aliphatic heterocycles. The van der Waals surface area contributed by atoms with Crippen molar-refractivity contribution < 1.29 is 9.53 Å². The number of carbonyl (C=O) groups excluding carboxylic acids is 1. The summed E-state index contributed by atoms with van der Waals surface area (Å²) >= 11 is 0. The lowest BCUT2D eigenvalue weighted by Crippen LogP contribution is -2.07. The molecule has 0 atom stereocenters. The van der Waals surface area contributed by atoms with Crippen molar-refractivity contribution in [2.75, 3.05) is 6.61 Å². The Kier molecular flexibility index (Phi) is 5.26. The highest BCUT2D eigenvalue weighted by Crippen LogP contribution is 2.22. The number of fused-ring (bicyclic) bond motifs is 1. The summed E-state index contributed by atoms with van der Waals surface area (Å²) in [5.41, 5.74) is 4.76. The standard InChI is InChI=1S/C20H22N2O2/c1-15-4-2-6-18-17(14-22-20(15)18)7-8-19(23)24-13-3-5-16-9-11-21-12-10-16/h2,4,6,9-12,14,22H,3,5,7-8,13H2,1H3. The van der Waals surface area contributed by atoms with Crippen LogP contribution in [0.2, 0.25) is 0 Å². The quantitative estimate of drug-likeness (QED) is 0.529. The minimum absolute atomic E-state index is 0.133. The van der Waals surface area contributed by atoms with Crippen molar-refractivity contribution in [2.24, 2.45) is 0 Å². The van der Waals surface area contributed by atoms with E-state index in [0.29, 0.717) is 19.4 Å². The first-order valence-electron chi connectivity index (χ1n) is 8.34. The van der Waals surface area contributed by atoms with Crippen LogP contribution < -0.4 is 0 Å². The monoisotopic (exact) mass is 322 g/mol. The summed E-state index contributed by atoms with van der Waals surface area (Å²) < 4.78 is 5.33. The van der Waals surface area contributed by atoms with Crippen molar-refractivity contribution in [1.29, 1.82) is 0 Å². The minimum Gasteiger partial charge on any atom is -0.466 e. The van der Waals surface area contributed by atoms with Gasteiger partial charge in [-0.3, -0.25) is 9.78 Å². The molecule has 0 aliphatic carbocycles. The van der Waals surface area contributed by atoms with Gasteiger partial charge < -0.3 is 9.72 Å². The van der Waals surface area contributed by atoms with Gasteiger partial charge in [0, 0.05) is 35.9 Å². The number of aryl methyl sites for hydroxylation is 3. The van der Waals surface area contributed by atoms with Crippen LogP contribution >= 0.6 is 0 Å². The second kappa shape index (κ2) is 7.77. The zero-order chi connectivity index (χ0) is 16.8. The molecule has 2 heterocycles. The van der Waals surface area contributed by atoms with Crippen LogP contribution in [-0.4, -0.2) is 22.5 Å². The Bertz CT molecular complexity index is 809. The van der Waals surface area contributed by atoms with E-state index in [0.717, 1.165) is 18.4 Å². The normalized spacial score (nSPS) is 10.9. The number of esters is 1. The Morgan fingerprint density at radius 1 is 1.17 bits per heavy atom. The van der Waals surface area contributed by atoms with Crippen LogP contribution in [0.4, 0.5) is 0 Å². The molecule has 0 unspecified atom stereocenters. The molecule has 0 fully saturated rings. The highest BCUT2D eigenvalue weighted by atomic mass is 16.5. The topological polar surface area (TPSA) is 55.0 Å². The number of para-hydroxylation sites is 1. The molecule has 0 saturated heterocycles. The first kappa shape index (κ1) is 16.2. The van der Waals surface area contributed by atoms with E-state index >= 15 is 0 Å². The Labute approximate surface area is 141 Å². The van der Waals surface area contributed by atoms with Crippen molar-refractivity contribution in [3.8, 4) is 0 Å². The Morgan fingerprint density at radius 2 is 2.00 bits per heavy atom. The van der Waals surface area contributed by atoms with Crippen molar-refractivity contribution in [2.45, 2.75) is 32.6 Å². The fourth-order valence-electron chi connectivity index (χ4n) is 2.89. The molecule has 0 saturated carbocycles. The highest BCUT2D eigenvalue weighted by Gasteiger charge is 2.08. The SMILES string of the molecule is Cc1cccc2c(CCC(=O)OCCCc3ccncc3)c[nH]c12. The summed E-state index contributed by atoms with van der Waals surface area (Å²) in [6.45, 7) is 2.55. The molecule has 0 amide bonds. The molecular formula is C20H22N2O2. The van der Waals surface area contributed by atoms with E-state index in [9.17, 15) is 4.79 Å². The van der Waals surface area contributed by atoms with Gasteiger partial charge in [-0.05, 0) is 55.0 Å². The number of nitrogens with one attached hydrogen (secondary N) is 1. The maximum absolute atomic E-state index is 11.9. The number of H-pyrrole nitrogens is 1. The largest absolute Gasteiger partial charge is 0.466 e. The summed E-state index contributed by atoms with van der Waals surface area (Å²) in [4.78, 5) is 19.2. The van der Waals surface area contributed by atoms with Crippen LogP contribution in [0.15, 0.2) is 48.9 Å². The van der Waals surface area contributed by atoms with Crippen LogP contribution in [0, 0.1) is 6.92 Å². The Morgan fingerprint density at radius 3 is 2.83 bits per heavy atom. The number of aromatic nitrogens is 2. The molecule has 3 aromatic rings. The smallest absolute Gasteiger partial charge is 0.306 e. The average molecular weight is 322 g/mol. The van der Waals surface area contributed by atoms with E-state index in [-0.39, 0.29) is 5.97 Å². The van der Waals surface area contributed by atoms with E-state index in [1.165, 1.54) is 22.1 Å². The maximum atomic E-state index is 11.9. The third kappa shape index (κ3) is 4.02. The van der Waals surface area contributed by atoms with Gasteiger partial charge in [-0.25, -0.2) is 0 Å². The molecule has 0 radical (unpaired) electrons. The van der Waals surface area contributed by atoms with Crippen LogP contribution in [0.3, 0.4) is 0 Å². The molecule has 4 heteroatoms. The number of pyridine rings is 1. The zero-order valence-corrected chi connectivity index (χ0v) is 13.9. The number of benzene rings is 1. The molecule has 2 aromatic heterocycles. The molecule has 1 aromatic carbocycles. The number of nitrogens with zero attached hydrogens (tertiary/aromatic N) is 1. The molecular weight excluding hydrogens is 300 g/mol. The lowest BCUT2D eigenvalue weighted by atomic mass is 10.1. The van der Waals surface area contributed by atoms with Gasteiger partial charge in [-0.2, -0.15) is 0 Å². The average Bonchev–Trinajstić information content (AvgIpc) is 3.02. The number of rotatable bonds is 7. The van der Waals surface area contributed by atoms with Crippen molar-refractivity contribution in [3.63, 3.8) is 0 Å². The lowest BCUT2D eigenvalue weighted by molar-refractivity contribution is -0.143. The molecule has 1 N–H and O–H groups in total. The number of aromatic amines is 1. The Hall–Kier alpha value is -2.62. The van der Waals surface area contributed by atoms with E-state index in [2.05, 4.69) is 29.0 Å². The third-order valence-electron chi connectivity index (χ3n) is 4.23. The second-order valence-corrected chi connectivity index (χ2v) is 5.99. The summed E-state index contributed by atoms with van der Waals surface area (Å²) in [5, 5.41) is 1.19. The fraction of sp³-hybridized carbons (Fsp3) is 0.300. The summed E-state index contributed by atoms with van der Waals surface area (Å²) in [7, 11) is 0. The van der Waals surface area contributed by atoms with Crippen LogP contribution in [-0.2, 0) is 22.4 Å². The van der Waals surface area contributed by atoms with Gasteiger partial charge in [0.15, 0.2) is 0 Å². The number of carbonyl (C=O) groups is 1. The van der Waals surface area contributed by atoms with Crippen molar-refractivity contribution >= 4 is 16.9 Å². The summed E-state index contributed by atoms with van der Waals surface area (Å²) in [6, 6.07) is 10.2. The van der Waals surface area contributed by atoms with Gasteiger partial charge in [-0.1, -0.05) is 18.2 Å². The third-order valence-corrected chi connectivity index (χ3v) is 4.23. The van der Waals surface area contributed by atoms with Gasteiger partial charge >= 0.3 is 5.97 Å². The molecule has 0 bridgehead atoms. The predicted octanol–water partition coefficient (Wildman–Crippen LogP) is 3.98. The van der Waals surface area contributed by atoms with Crippen LogP contribution in [0.25, 0.3) is 10.9 Å². The van der Waals surface area contributed by atoms with Crippen molar-refractivity contribution in [3.05, 3.63) is 65.6 Å². The first-order chi connectivity index (χ1) is 11.7. The highest BCUT2D eigenvalue weighted by molar-refractivity contribution is 5.86. The molecule has 124 valence electrons. The first-order valence-corrected chi connectivity index (χ1v) is 8.34. The molecule has 24 heavy (non-hydrogen) atoms. The summed E-state index contributed by atoms with van der Waals surface area (Å²) in [5.74, 6) is -0.133. The Balaban J connectivity index is 1.43. The van der Waals surface area contributed by atoms with Crippen LogP contribution in [0.5, 0.6) is 0 Å². The predicted molar refractivity (Wildman–Crippen MR) is 94.9 cm³/mol. The van der Waals surface area contributed by atoms with E-state index in [1.54, 1.807) is 12.4 Å². The molecule has 0 aliphatic rings. The number of hydrogen-bond donors (Lipinski definition) is 1. The molecule has 3 rings (SSSR count). The fourth-order valence-corrected chi connectivity index (χ4v) is 2.89. The molecule has 4 nitrogen and oxygen atoms in total. The minimum atomic E-state index is -0.133. The van der Waals surface area contributed by atoms with E-state index in [1.807, 2.05) is 24.4 Å². The summed E-state index contributed by atoms with van der Waals surface area (Å²) in [6.07, 6.45) is 8.41. The van der Waals surface area contributed by atoms with Gasteiger partial charge in [0.1, 0.15) is 0 Å². The number of ether oxygens (including phenoxy) is 1. The second-order valence-electron chi connectivity index (χ2n) is 5.99. The van der Waals surface area contributed by atoms with Gasteiger partial charge in [0.05, 0.1) is 6.61 Å². The molecule has 0 spiro atoms. The van der Waals surface area contributed by atoms with Gasteiger partial charge in [0.25, 0.3) is 0 Å². The zero-order valence-electron chi connectivity index (χ0n) is 13.9. The van der Waals surface area contributed by atoms with Crippen LogP contribution in [0.1, 0.15) is 29.5 Å².